The maximum Gasteiger partial charge on any atom is 0.410 e. The van der Waals surface area contributed by atoms with Crippen LogP contribution in [-0.4, -0.2) is 89.4 Å². The summed E-state index contributed by atoms with van der Waals surface area (Å²) in [6, 6.07) is 1.22. The molecule has 0 spiro atoms. The molecule has 182 valence electrons. The number of carbonyl (C=O) groups is 1. The third-order valence-electron chi connectivity index (χ3n) is 7.36. The fourth-order valence-corrected chi connectivity index (χ4v) is 5.69. The van der Waals surface area contributed by atoms with Crippen molar-refractivity contribution < 1.29 is 14.3 Å². The maximum absolute atomic E-state index is 12.9. The van der Waals surface area contributed by atoms with E-state index >= 15 is 0 Å². The first-order valence-electron chi connectivity index (χ1n) is 12.5. The second-order valence-corrected chi connectivity index (χ2v) is 10.9. The van der Waals surface area contributed by atoms with Crippen LogP contribution in [0, 0.1) is 0 Å². The molecule has 5 heterocycles. The van der Waals surface area contributed by atoms with Gasteiger partial charge in [0.05, 0.1) is 17.8 Å². The van der Waals surface area contributed by atoms with Crippen LogP contribution < -0.4 is 15.0 Å². The Labute approximate surface area is 196 Å². The highest BCUT2D eigenvalue weighted by Crippen LogP contribution is 2.36. The molecule has 4 aliphatic rings. The summed E-state index contributed by atoms with van der Waals surface area (Å²) < 4.78 is 11.8. The summed E-state index contributed by atoms with van der Waals surface area (Å²) in [7, 11) is 2.16. The normalized spacial score (nSPS) is 27.6. The summed E-state index contributed by atoms with van der Waals surface area (Å²) >= 11 is 0. The Morgan fingerprint density at radius 3 is 2.58 bits per heavy atom. The van der Waals surface area contributed by atoms with Crippen molar-refractivity contribution in [3.63, 3.8) is 0 Å². The molecule has 0 aromatic carbocycles. The predicted molar refractivity (Wildman–Crippen MR) is 126 cm³/mol. The Bertz CT molecular complexity index is 874. The van der Waals surface area contributed by atoms with Gasteiger partial charge in [-0.1, -0.05) is 0 Å². The van der Waals surface area contributed by atoms with Crippen LogP contribution >= 0.6 is 0 Å². The summed E-state index contributed by atoms with van der Waals surface area (Å²) in [5.74, 6) is 0.997. The fourth-order valence-electron chi connectivity index (χ4n) is 5.69. The van der Waals surface area contributed by atoms with Gasteiger partial charge in [0.15, 0.2) is 0 Å². The highest BCUT2D eigenvalue weighted by atomic mass is 16.6. The summed E-state index contributed by atoms with van der Waals surface area (Å²) in [5, 5.41) is 3.43. The number of hydrogen-bond acceptors (Lipinski definition) is 8. The van der Waals surface area contributed by atoms with E-state index in [9.17, 15) is 4.79 Å². The summed E-state index contributed by atoms with van der Waals surface area (Å²) in [5.41, 5.74) is 1.79. The first-order valence-corrected chi connectivity index (χ1v) is 12.5. The van der Waals surface area contributed by atoms with E-state index in [0.717, 1.165) is 69.9 Å². The molecule has 33 heavy (non-hydrogen) atoms. The molecule has 0 saturated carbocycles. The van der Waals surface area contributed by atoms with Gasteiger partial charge in [-0.25, -0.2) is 4.79 Å². The van der Waals surface area contributed by atoms with Crippen LogP contribution in [0.5, 0.6) is 6.01 Å². The minimum Gasteiger partial charge on any atom is -0.462 e. The molecule has 5 rings (SSSR count). The zero-order valence-corrected chi connectivity index (χ0v) is 20.5. The number of aromatic nitrogens is 2. The van der Waals surface area contributed by atoms with E-state index in [0.29, 0.717) is 18.7 Å². The Balaban J connectivity index is 1.35. The number of amides is 1. The lowest BCUT2D eigenvalue weighted by Gasteiger charge is -2.42. The van der Waals surface area contributed by atoms with Crippen LogP contribution in [0.2, 0.25) is 0 Å². The first kappa shape index (κ1) is 22.7. The van der Waals surface area contributed by atoms with Crippen molar-refractivity contribution >= 4 is 11.9 Å². The van der Waals surface area contributed by atoms with Gasteiger partial charge in [0, 0.05) is 31.2 Å². The van der Waals surface area contributed by atoms with E-state index in [1.54, 1.807) is 0 Å². The molecule has 1 aromatic heterocycles. The van der Waals surface area contributed by atoms with Crippen LogP contribution in [-0.2, 0) is 17.7 Å². The van der Waals surface area contributed by atoms with Crippen molar-refractivity contribution in [2.45, 2.75) is 83.1 Å². The molecule has 1 unspecified atom stereocenters. The van der Waals surface area contributed by atoms with E-state index in [4.69, 9.17) is 19.4 Å². The zero-order chi connectivity index (χ0) is 23.2. The van der Waals surface area contributed by atoms with E-state index in [2.05, 4.69) is 22.2 Å². The standard InChI is InChI=1S/C24H38N6O3/c1-24(2,3)33-23(31)30-16-7-8-17(30)14-29(13-16)21-19-9-10-25-12-20(19)26-22(27-21)32-15-18-6-5-11-28(18)4/h16-18,25H,5-15H2,1-4H3/t16-,17+,18?. The maximum atomic E-state index is 12.9. The SMILES string of the molecule is CN1CCCC1COc1nc2c(c(N3C[C@H]4CC[C@@H](C3)N4C(=O)OC(C)(C)C)n1)CCNC2. The predicted octanol–water partition coefficient (Wildman–Crippen LogP) is 2.18. The van der Waals surface area contributed by atoms with Gasteiger partial charge in [0.25, 0.3) is 0 Å². The van der Waals surface area contributed by atoms with Crippen LogP contribution in [0.3, 0.4) is 0 Å². The van der Waals surface area contributed by atoms with Crippen molar-refractivity contribution in [2.24, 2.45) is 0 Å². The molecular formula is C24H38N6O3. The first-order chi connectivity index (χ1) is 15.8. The fraction of sp³-hybridized carbons (Fsp3) is 0.792. The molecule has 4 aliphatic heterocycles. The zero-order valence-electron chi connectivity index (χ0n) is 20.5. The highest BCUT2D eigenvalue weighted by Gasteiger charge is 2.45. The number of nitrogens with zero attached hydrogens (tertiary/aromatic N) is 5. The van der Waals surface area contributed by atoms with E-state index in [1.165, 1.54) is 12.0 Å². The number of likely N-dealkylation sites (N-methyl/N-ethyl adjacent to an activating group) is 1. The smallest absolute Gasteiger partial charge is 0.410 e. The third-order valence-corrected chi connectivity index (χ3v) is 7.36. The second kappa shape index (κ2) is 8.91. The van der Waals surface area contributed by atoms with E-state index < -0.39 is 5.60 Å². The topological polar surface area (TPSA) is 83.1 Å². The van der Waals surface area contributed by atoms with E-state index in [1.807, 2.05) is 25.7 Å². The molecule has 3 saturated heterocycles. The number of fused-ring (bicyclic) bond motifs is 3. The number of nitrogens with one attached hydrogen (secondary N) is 1. The van der Waals surface area contributed by atoms with Gasteiger partial charge in [0.2, 0.25) is 0 Å². The molecule has 1 aromatic rings. The molecule has 1 amide bonds. The van der Waals surface area contributed by atoms with Gasteiger partial charge in [0.1, 0.15) is 18.0 Å². The van der Waals surface area contributed by atoms with Crippen LogP contribution in [0.4, 0.5) is 10.6 Å². The van der Waals surface area contributed by atoms with Crippen molar-refractivity contribution in [3.8, 4) is 6.01 Å². The lowest BCUT2D eigenvalue weighted by Crippen LogP contribution is -2.57. The Morgan fingerprint density at radius 1 is 1.15 bits per heavy atom. The number of carbonyl (C=O) groups excluding carboxylic acids is 1. The lowest BCUT2D eigenvalue weighted by molar-refractivity contribution is 0.0122. The van der Waals surface area contributed by atoms with Crippen molar-refractivity contribution in [1.82, 2.24) is 25.1 Å². The quantitative estimate of drug-likeness (QED) is 0.735. The molecule has 2 bridgehead atoms. The Hall–Kier alpha value is -2.13. The van der Waals surface area contributed by atoms with Crippen LogP contribution in [0.25, 0.3) is 0 Å². The van der Waals surface area contributed by atoms with Crippen molar-refractivity contribution in [3.05, 3.63) is 11.3 Å². The number of anilines is 1. The number of ether oxygens (including phenoxy) is 2. The van der Waals surface area contributed by atoms with Crippen molar-refractivity contribution in [2.75, 3.05) is 44.7 Å². The minimum absolute atomic E-state index is 0.155. The number of likely N-dealkylation sites (tertiary alicyclic amines) is 1. The molecule has 9 heteroatoms. The number of piperazine rings is 1. The second-order valence-electron chi connectivity index (χ2n) is 10.9. The average Bonchev–Trinajstić information content (AvgIpc) is 3.29. The van der Waals surface area contributed by atoms with Gasteiger partial charge in [-0.15, -0.1) is 0 Å². The van der Waals surface area contributed by atoms with Gasteiger partial charge in [-0.05, 0) is 73.0 Å². The molecular weight excluding hydrogens is 420 g/mol. The van der Waals surface area contributed by atoms with Crippen LogP contribution in [0.15, 0.2) is 0 Å². The summed E-state index contributed by atoms with van der Waals surface area (Å²) in [4.78, 5) is 29.3. The van der Waals surface area contributed by atoms with Crippen LogP contribution in [0.1, 0.15) is 57.7 Å². The molecule has 3 atom stereocenters. The highest BCUT2D eigenvalue weighted by molar-refractivity contribution is 5.70. The lowest BCUT2D eigenvalue weighted by atomic mass is 10.1. The Kier molecular flexibility index (Phi) is 6.11. The summed E-state index contributed by atoms with van der Waals surface area (Å²) in [6.07, 6.45) is 5.12. The molecule has 9 nitrogen and oxygen atoms in total. The molecule has 3 fully saturated rings. The Morgan fingerprint density at radius 2 is 1.91 bits per heavy atom. The van der Waals surface area contributed by atoms with Crippen molar-refractivity contribution in [1.29, 1.82) is 0 Å². The number of hydrogen-bond donors (Lipinski definition) is 1. The average molecular weight is 459 g/mol. The molecule has 1 N–H and O–H groups in total. The number of rotatable bonds is 4. The van der Waals surface area contributed by atoms with Gasteiger partial charge < -0.3 is 24.6 Å². The van der Waals surface area contributed by atoms with Gasteiger partial charge in [-0.2, -0.15) is 9.97 Å². The van der Waals surface area contributed by atoms with E-state index in [-0.39, 0.29) is 18.2 Å². The van der Waals surface area contributed by atoms with Gasteiger partial charge in [-0.3, -0.25) is 4.90 Å². The largest absolute Gasteiger partial charge is 0.462 e. The summed E-state index contributed by atoms with van der Waals surface area (Å²) in [6.45, 7) is 10.8. The molecule has 0 radical (unpaired) electrons. The monoisotopic (exact) mass is 458 g/mol. The minimum atomic E-state index is -0.480. The van der Waals surface area contributed by atoms with Gasteiger partial charge >= 0.3 is 12.1 Å². The third kappa shape index (κ3) is 4.75. The molecule has 0 aliphatic carbocycles.